The fourth-order valence-electron chi connectivity index (χ4n) is 13.5. The molecule has 13 heteroatoms. The second kappa shape index (κ2) is 13.7. The molecule has 0 amide bonds. The van der Waals surface area contributed by atoms with E-state index in [0.717, 1.165) is 37.7 Å². The highest BCUT2D eigenvalue weighted by Crippen LogP contribution is 2.76. The zero-order chi connectivity index (χ0) is 39.6. The van der Waals surface area contributed by atoms with Crippen LogP contribution in [-0.2, 0) is 23.7 Å². The average molecular weight is 767 g/mol. The lowest BCUT2D eigenvalue weighted by atomic mass is 9.33. The van der Waals surface area contributed by atoms with Crippen LogP contribution in [0.5, 0.6) is 0 Å². The smallest absolute Gasteiger partial charge is 0.315 e. The summed E-state index contributed by atoms with van der Waals surface area (Å²) < 4.78 is 23.7. The summed E-state index contributed by atoms with van der Waals surface area (Å²) in [5, 5.41) is 84.8. The molecule has 5 aliphatic carbocycles. The van der Waals surface area contributed by atoms with Gasteiger partial charge in [-0.25, -0.2) is 0 Å². The first-order valence-electron chi connectivity index (χ1n) is 20.4. The van der Waals surface area contributed by atoms with Gasteiger partial charge in [0.1, 0.15) is 42.7 Å². The lowest BCUT2D eigenvalue weighted by molar-refractivity contribution is -0.308. The number of ether oxygens (including phenoxy) is 4. The number of hydrogen-bond donors (Lipinski definition) is 8. The molecule has 7 aliphatic rings. The Labute approximate surface area is 319 Å². The maximum absolute atomic E-state index is 14.6. The van der Waals surface area contributed by atoms with E-state index < -0.39 is 84.8 Å². The first-order valence-corrected chi connectivity index (χ1v) is 20.4. The molecular formula is C41H66O13. The van der Waals surface area contributed by atoms with E-state index in [1.807, 2.05) is 13.8 Å². The molecule has 308 valence electrons. The van der Waals surface area contributed by atoms with Gasteiger partial charge in [0.05, 0.1) is 30.3 Å². The predicted octanol–water partition coefficient (Wildman–Crippen LogP) is 1.93. The quantitative estimate of drug-likeness (QED) is 0.114. The van der Waals surface area contributed by atoms with Crippen LogP contribution in [0.3, 0.4) is 0 Å². The summed E-state index contributed by atoms with van der Waals surface area (Å²) in [5.41, 5.74) is -2.15. The van der Waals surface area contributed by atoms with E-state index in [0.29, 0.717) is 31.6 Å². The Bertz CT molecular complexity index is 1470. The number of esters is 1. The molecule has 0 aromatic rings. The van der Waals surface area contributed by atoms with Crippen LogP contribution >= 0.6 is 0 Å². The zero-order valence-corrected chi connectivity index (χ0v) is 33.1. The van der Waals surface area contributed by atoms with E-state index in [1.54, 1.807) is 0 Å². The van der Waals surface area contributed by atoms with Gasteiger partial charge in [0.2, 0.25) is 6.29 Å². The highest BCUT2D eigenvalue weighted by atomic mass is 16.7. The van der Waals surface area contributed by atoms with Crippen LogP contribution in [-0.4, -0.2) is 127 Å². The summed E-state index contributed by atoms with van der Waals surface area (Å²) in [6.45, 7) is 14.8. The first kappa shape index (κ1) is 40.9. The third-order valence-electron chi connectivity index (χ3n) is 17.2. The molecular weight excluding hydrogens is 700 g/mol. The standard InChI is InChI=1S/C41H66O13/c1-20-10-15-41(35(49)54-34-31(48)29(46)28(45)23(18-42)52-34)17-16-38(5)21(32(41)40(20,7)50)8-9-25-37(4)13-12-26(36(2,3)24(37)11-14-39(25,38)6)53-33-30(47)27(44)22(43)19-51-33/h8,20,22-34,42-48,50H,9-19H2,1-7H3/t20?,22-,23-,24?,25?,26+,27+,28-,29+,30-,31-,32-,33+,34+,37+,38?,39-,40-,41+/m1/s1. The molecule has 2 aliphatic heterocycles. The van der Waals surface area contributed by atoms with E-state index in [4.69, 9.17) is 18.9 Å². The Morgan fingerprint density at radius 2 is 1.50 bits per heavy atom. The number of allylic oxidation sites excluding steroid dienone is 1. The largest absolute Gasteiger partial charge is 0.432 e. The van der Waals surface area contributed by atoms with Gasteiger partial charge in [-0.2, -0.15) is 0 Å². The van der Waals surface area contributed by atoms with Gasteiger partial charge in [-0.3, -0.25) is 4.79 Å². The van der Waals surface area contributed by atoms with Crippen molar-refractivity contribution in [3.63, 3.8) is 0 Å². The molecule has 4 saturated carbocycles. The van der Waals surface area contributed by atoms with Crippen LogP contribution in [0.1, 0.15) is 106 Å². The van der Waals surface area contributed by atoms with Crippen molar-refractivity contribution in [2.24, 2.45) is 50.7 Å². The molecule has 0 aromatic heterocycles. The van der Waals surface area contributed by atoms with Crippen molar-refractivity contribution < 1.29 is 64.6 Å². The van der Waals surface area contributed by atoms with Crippen molar-refractivity contribution in [2.75, 3.05) is 13.2 Å². The Morgan fingerprint density at radius 3 is 2.19 bits per heavy atom. The average Bonchev–Trinajstić information content (AvgIpc) is 3.11. The number of rotatable bonds is 5. The Balaban J connectivity index is 1.19. The van der Waals surface area contributed by atoms with Gasteiger partial charge in [0.15, 0.2) is 6.29 Å². The highest BCUT2D eigenvalue weighted by molar-refractivity contribution is 5.79. The maximum Gasteiger partial charge on any atom is 0.315 e. The number of hydrogen-bond acceptors (Lipinski definition) is 13. The second-order valence-electron chi connectivity index (χ2n) is 19.9. The highest BCUT2D eigenvalue weighted by Gasteiger charge is 2.72. The lowest BCUT2D eigenvalue weighted by Gasteiger charge is -2.72. The van der Waals surface area contributed by atoms with Gasteiger partial charge in [0.25, 0.3) is 0 Å². The van der Waals surface area contributed by atoms with E-state index in [-0.39, 0.29) is 46.2 Å². The van der Waals surface area contributed by atoms with Crippen LogP contribution in [0, 0.1) is 50.7 Å². The molecule has 8 N–H and O–H groups in total. The number of carbonyl (C=O) groups is 1. The molecule has 19 atom stereocenters. The van der Waals surface area contributed by atoms with Crippen molar-refractivity contribution in [2.45, 2.75) is 173 Å². The summed E-state index contributed by atoms with van der Waals surface area (Å²) in [6.07, 6.45) is -4.04. The fourth-order valence-corrected chi connectivity index (χ4v) is 13.5. The predicted molar refractivity (Wildman–Crippen MR) is 193 cm³/mol. The van der Waals surface area contributed by atoms with Gasteiger partial charge in [-0.1, -0.05) is 53.2 Å². The monoisotopic (exact) mass is 766 g/mol. The molecule has 0 aromatic carbocycles. The molecule has 2 saturated heterocycles. The summed E-state index contributed by atoms with van der Waals surface area (Å²) in [5.74, 6) is -0.699. The van der Waals surface area contributed by atoms with Gasteiger partial charge in [0, 0.05) is 5.92 Å². The van der Waals surface area contributed by atoms with Crippen molar-refractivity contribution in [3.05, 3.63) is 11.6 Å². The van der Waals surface area contributed by atoms with Crippen LogP contribution in [0.15, 0.2) is 11.6 Å². The molecule has 54 heavy (non-hydrogen) atoms. The molecule has 0 radical (unpaired) electrons. The number of aliphatic hydroxyl groups is 8. The summed E-state index contributed by atoms with van der Waals surface area (Å²) >= 11 is 0. The third-order valence-corrected chi connectivity index (χ3v) is 17.2. The number of carbonyl (C=O) groups excluding carboxylic acids is 1. The Morgan fingerprint density at radius 1 is 0.815 bits per heavy atom. The van der Waals surface area contributed by atoms with E-state index in [9.17, 15) is 45.6 Å². The van der Waals surface area contributed by atoms with E-state index >= 15 is 0 Å². The number of aliphatic hydroxyl groups excluding tert-OH is 7. The van der Waals surface area contributed by atoms with E-state index in [1.165, 1.54) is 0 Å². The summed E-state index contributed by atoms with van der Waals surface area (Å²) in [6, 6.07) is 0. The minimum atomic E-state index is -1.72. The van der Waals surface area contributed by atoms with Crippen molar-refractivity contribution in [1.82, 2.24) is 0 Å². The maximum atomic E-state index is 14.6. The second-order valence-corrected chi connectivity index (χ2v) is 19.9. The van der Waals surface area contributed by atoms with Crippen LogP contribution < -0.4 is 0 Å². The molecule has 2 heterocycles. The van der Waals surface area contributed by atoms with Crippen LogP contribution in [0.25, 0.3) is 0 Å². The minimum Gasteiger partial charge on any atom is -0.432 e. The normalized spacial score (nSPS) is 55.6. The molecule has 6 fully saturated rings. The molecule has 4 unspecified atom stereocenters. The Kier molecular flexibility index (Phi) is 10.4. The fraction of sp³-hybridized carbons (Fsp3) is 0.927. The van der Waals surface area contributed by atoms with Crippen molar-refractivity contribution in [1.29, 1.82) is 0 Å². The van der Waals surface area contributed by atoms with Crippen LogP contribution in [0.2, 0.25) is 0 Å². The lowest BCUT2D eigenvalue weighted by Crippen LogP contribution is -2.68. The topological polar surface area (TPSA) is 216 Å². The molecule has 0 bridgehead atoms. The van der Waals surface area contributed by atoms with E-state index in [2.05, 4.69) is 40.7 Å². The zero-order valence-electron chi connectivity index (χ0n) is 33.1. The first-order chi connectivity index (χ1) is 25.1. The van der Waals surface area contributed by atoms with Gasteiger partial charge in [-0.15, -0.1) is 0 Å². The molecule has 7 rings (SSSR count). The van der Waals surface area contributed by atoms with Crippen molar-refractivity contribution >= 4 is 5.97 Å². The third kappa shape index (κ3) is 5.68. The van der Waals surface area contributed by atoms with Gasteiger partial charge >= 0.3 is 5.97 Å². The molecule has 0 spiro atoms. The Hall–Kier alpha value is -1.23. The minimum absolute atomic E-state index is 0.0674. The number of fused-ring (bicyclic) bond motifs is 7. The summed E-state index contributed by atoms with van der Waals surface area (Å²) in [7, 11) is 0. The molecule has 13 nitrogen and oxygen atoms in total. The summed E-state index contributed by atoms with van der Waals surface area (Å²) in [4.78, 5) is 14.6. The SMILES string of the molecule is CC1CC[C@]2(C(=O)O[C@@H]3O[C@H](CO)[C@@H](O)[C@H](O)[C@H]3O)CCC3(C)C(=CCC4[C@@]5(C)CC[C@H](O[C@@H]6OC[C@@H](O)[C@H](O)[C@H]6O)C(C)(C)C5CC[C@]43C)[C@@H]2[C@]1(C)O. The van der Waals surface area contributed by atoms with Crippen molar-refractivity contribution in [3.8, 4) is 0 Å². The van der Waals surface area contributed by atoms with Gasteiger partial charge < -0.3 is 59.8 Å². The van der Waals surface area contributed by atoms with Gasteiger partial charge in [-0.05, 0) is 104 Å². The van der Waals surface area contributed by atoms with Crippen LogP contribution in [0.4, 0.5) is 0 Å².